The van der Waals surface area contributed by atoms with E-state index in [1.807, 2.05) is 0 Å². The highest BCUT2D eigenvalue weighted by atomic mass is 19.3. The summed E-state index contributed by atoms with van der Waals surface area (Å²) >= 11 is 0. The summed E-state index contributed by atoms with van der Waals surface area (Å²) in [5, 5.41) is 7.47. The molecule has 0 saturated carbocycles. The number of hydrogen-bond acceptors (Lipinski definition) is 4. The molecule has 1 aliphatic rings. The zero-order chi connectivity index (χ0) is 18.1. The minimum absolute atomic E-state index is 0.105. The quantitative estimate of drug-likeness (QED) is 0.759. The first-order chi connectivity index (χ1) is 12.6. The van der Waals surface area contributed by atoms with Gasteiger partial charge in [-0.2, -0.15) is 18.9 Å². The number of hydrogen-bond donors (Lipinski definition) is 1. The van der Waals surface area contributed by atoms with Crippen molar-refractivity contribution >= 4 is 5.95 Å². The van der Waals surface area contributed by atoms with E-state index in [0.717, 1.165) is 5.56 Å². The molecule has 3 aromatic rings. The molecule has 2 heterocycles. The maximum absolute atomic E-state index is 13.2. The zero-order valence-corrected chi connectivity index (χ0v) is 13.5. The summed E-state index contributed by atoms with van der Waals surface area (Å²) in [4.78, 5) is 4.19. The van der Waals surface area contributed by atoms with Crippen molar-refractivity contribution in [3.63, 3.8) is 0 Å². The number of alkyl halides is 2. The van der Waals surface area contributed by atoms with Gasteiger partial charge in [0.15, 0.2) is 0 Å². The van der Waals surface area contributed by atoms with Gasteiger partial charge >= 0.3 is 6.61 Å². The van der Waals surface area contributed by atoms with Crippen LogP contribution in [0.4, 0.5) is 19.1 Å². The van der Waals surface area contributed by atoms with Crippen molar-refractivity contribution < 1.29 is 17.9 Å². The second-order valence-corrected chi connectivity index (χ2v) is 5.94. The molecule has 2 aromatic carbocycles. The van der Waals surface area contributed by atoms with E-state index in [2.05, 4.69) is 20.1 Å². The number of anilines is 1. The van der Waals surface area contributed by atoms with Gasteiger partial charge in [0.25, 0.3) is 0 Å². The topological polar surface area (TPSA) is 52.0 Å². The Morgan fingerprint density at radius 1 is 1.12 bits per heavy atom. The Kier molecular flexibility index (Phi) is 4.24. The summed E-state index contributed by atoms with van der Waals surface area (Å²) in [6.45, 7) is -2.92. The Morgan fingerprint density at radius 3 is 2.65 bits per heavy atom. The number of aromatic nitrogens is 3. The standard InChI is InChI=1S/C18H15F3N4O/c19-12-7-5-11(6-8-12)14-9-15(25-18(24-14)22-10-23-25)13-3-1-2-4-16(13)26-17(20)21/h1-8,10,14-15,17H,9H2,(H,22,23,24). The molecule has 2 atom stereocenters. The maximum atomic E-state index is 13.2. The molecule has 0 bridgehead atoms. The maximum Gasteiger partial charge on any atom is 0.387 e. The zero-order valence-electron chi connectivity index (χ0n) is 13.5. The van der Waals surface area contributed by atoms with Crippen molar-refractivity contribution in [3.05, 3.63) is 71.8 Å². The Labute approximate surface area is 147 Å². The van der Waals surface area contributed by atoms with Crippen molar-refractivity contribution in [1.29, 1.82) is 0 Å². The summed E-state index contributed by atoms with van der Waals surface area (Å²) in [7, 11) is 0. The number of para-hydroxylation sites is 1. The van der Waals surface area contributed by atoms with Gasteiger partial charge in [0.05, 0.1) is 12.1 Å². The molecule has 8 heteroatoms. The number of ether oxygens (including phenoxy) is 1. The molecule has 2 unspecified atom stereocenters. The number of fused-ring (bicyclic) bond motifs is 1. The van der Waals surface area contributed by atoms with Crippen LogP contribution >= 0.6 is 0 Å². The fourth-order valence-electron chi connectivity index (χ4n) is 3.25. The van der Waals surface area contributed by atoms with Crippen molar-refractivity contribution in [2.75, 3.05) is 5.32 Å². The molecule has 134 valence electrons. The van der Waals surface area contributed by atoms with Crippen molar-refractivity contribution in [2.45, 2.75) is 25.1 Å². The predicted molar refractivity (Wildman–Crippen MR) is 88.6 cm³/mol. The first kappa shape index (κ1) is 16.4. The molecule has 4 rings (SSSR count). The highest BCUT2D eigenvalue weighted by Gasteiger charge is 2.32. The highest BCUT2D eigenvalue weighted by Crippen LogP contribution is 2.40. The lowest BCUT2D eigenvalue weighted by Crippen LogP contribution is -2.28. The average molecular weight is 360 g/mol. The molecule has 0 fully saturated rings. The highest BCUT2D eigenvalue weighted by molar-refractivity contribution is 5.42. The number of nitrogens with one attached hydrogen (secondary N) is 1. The number of rotatable bonds is 4. The summed E-state index contributed by atoms with van der Waals surface area (Å²) in [5.74, 6) is 0.302. The van der Waals surface area contributed by atoms with Crippen LogP contribution in [0.2, 0.25) is 0 Å². The van der Waals surface area contributed by atoms with E-state index in [-0.39, 0.29) is 23.7 Å². The van der Waals surface area contributed by atoms with E-state index in [9.17, 15) is 13.2 Å². The van der Waals surface area contributed by atoms with Crippen molar-refractivity contribution in [1.82, 2.24) is 14.8 Å². The van der Waals surface area contributed by atoms with Gasteiger partial charge in [-0.25, -0.2) is 9.07 Å². The molecule has 1 aliphatic heterocycles. The average Bonchev–Trinajstić information content (AvgIpc) is 3.10. The van der Waals surface area contributed by atoms with Crippen LogP contribution in [0, 0.1) is 5.82 Å². The number of benzene rings is 2. The van der Waals surface area contributed by atoms with Crippen LogP contribution in [0.1, 0.15) is 29.6 Å². The predicted octanol–water partition coefficient (Wildman–Crippen LogP) is 4.16. The molecule has 0 spiro atoms. The van der Waals surface area contributed by atoms with Gasteiger partial charge in [-0.15, -0.1) is 0 Å². The summed E-state index contributed by atoms with van der Waals surface area (Å²) in [6.07, 6.45) is 1.92. The molecule has 0 amide bonds. The number of halogens is 3. The first-order valence-corrected chi connectivity index (χ1v) is 8.07. The van der Waals surface area contributed by atoms with Crippen LogP contribution in [-0.2, 0) is 0 Å². The monoisotopic (exact) mass is 360 g/mol. The van der Waals surface area contributed by atoms with Gasteiger partial charge in [0.2, 0.25) is 5.95 Å². The molecular weight excluding hydrogens is 345 g/mol. The second kappa shape index (κ2) is 6.70. The molecule has 26 heavy (non-hydrogen) atoms. The summed E-state index contributed by atoms with van der Waals surface area (Å²) in [6, 6.07) is 12.3. The van der Waals surface area contributed by atoms with Gasteiger partial charge in [0, 0.05) is 5.56 Å². The van der Waals surface area contributed by atoms with Crippen LogP contribution in [-0.4, -0.2) is 21.4 Å². The Bertz CT molecular complexity index is 897. The van der Waals surface area contributed by atoms with E-state index in [1.165, 1.54) is 24.5 Å². The minimum atomic E-state index is -2.92. The molecule has 1 N–H and O–H groups in total. The number of nitrogens with zero attached hydrogens (tertiary/aromatic N) is 3. The van der Waals surface area contributed by atoms with Crippen LogP contribution in [0.5, 0.6) is 5.75 Å². The third kappa shape index (κ3) is 3.10. The van der Waals surface area contributed by atoms with Gasteiger partial charge in [-0.05, 0) is 30.2 Å². The third-order valence-corrected chi connectivity index (χ3v) is 4.40. The Hall–Kier alpha value is -3.03. The molecule has 0 saturated heterocycles. The van der Waals surface area contributed by atoms with E-state index < -0.39 is 6.61 Å². The minimum Gasteiger partial charge on any atom is -0.434 e. The molecule has 0 aliphatic carbocycles. The summed E-state index contributed by atoms with van der Waals surface area (Å²) < 4.78 is 45.1. The molecule has 1 aromatic heterocycles. The fraction of sp³-hybridized carbons (Fsp3) is 0.222. The summed E-state index contributed by atoms with van der Waals surface area (Å²) in [5.41, 5.74) is 1.46. The third-order valence-electron chi connectivity index (χ3n) is 4.40. The van der Waals surface area contributed by atoms with Crippen LogP contribution in [0.15, 0.2) is 54.9 Å². The van der Waals surface area contributed by atoms with Gasteiger partial charge in [-0.1, -0.05) is 30.3 Å². The Balaban J connectivity index is 1.73. The van der Waals surface area contributed by atoms with Crippen LogP contribution in [0.25, 0.3) is 0 Å². The first-order valence-electron chi connectivity index (χ1n) is 8.07. The lowest BCUT2D eigenvalue weighted by molar-refractivity contribution is -0.0507. The smallest absolute Gasteiger partial charge is 0.387 e. The van der Waals surface area contributed by atoms with Crippen molar-refractivity contribution in [3.8, 4) is 5.75 Å². The van der Waals surface area contributed by atoms with E-state index in [0.29, 0.717) is 17.9 Å². The molecular formula is C18H15F3N4O. The van der Waals surface area contributed by atoms with Gasteiger partial charge < -0.3 is 10.1 Å². The lowest BCUT2D eigenvalue weighted by Gasteiger charge is -2.32. The van der Waals surface area contributed by atoms with E-state index in [1.54, 1.807) is 35.0 Å². The van der Waals surface area contributed by atoms with E-state index >= 15 is 0 Å². The largest absolute Gasteiger partial charge is 0.434 e. The Morgan fingerprint density at radius 2 is 1.88 bits per heavy atom. The van der Waals surface area contributed by atoms with Crippen LogP contribution in [0.3, 0.4) is 0 Å². The van der Waals surface area contributed by atoms with E-state index in [4.69, 9.17) is 0 Å². The van der Waals surface area contributed by atoms with Gasteiger partial charge in [-0.3, -0.25) is 0 Å². The SMILES string of the molecule is Fc1ccc(C2CC(c3ccccc3OC(F)F)n3ncnc3N2)cc1. The lowest BCUT2D eigenvalue weighted by atomic mass is 9.93. The van der Waals surface area contributed by atoms with Gasteiger partial charge in [0.1, 0.15) is 17.9 Å². The second-order valence-electron chi connectivity index (χ2n) is 5.94. The van der Waals surface area contributed by atoms with Crippen LogP contribution < -0.4 is 10.1 Å². The molecule has 5 nitrogen and oxygen atoms in total. The normalized spacial score (nSPS) is 19.1. The van der Waals surface area contributed by atoms with Crippen molar-refractivity contribution in [2.24, 2.45) is 0 Å². The fourth-order valence-corrected chi connectivity index (χ4v) is 3.25. The molecule has 0 radical (unpaired) electrons.